The predicted molar refractivity (Wildman–Crippen MR) is 87.8 cm³/mol. The number of halogens is 1. The lowest BCUT2D eigenvalue weighted by Crippen LogP contribution is -2.24. The largest absolute Gasteiger partial charge is 0.347 e. The summed E-state index contributed by atoms with van der Waals surface area (Å²) in [5.74, 6) is -0.252. The van der Waals surface area contributed by atoms with Crippen molar-refractivity contribution < 1.29 is 4.79 Å². The quantitative estimate of drug-likeness (QED) is 0.750. The van der Waals surface area contributed by atoms with Gasteiger partial charge >= 0.3 is 0 Å². The second-order valence-corrected chi connectivity index (χ2v) is 6.32. The van der Waals surface area contributed by atoms with E-state index in [-0.39, 0.29) is 11.5 Å². The van der Waals surface area contributed by atoms with Gasteiger partial charge in [0.05, 0.1) is 12.1 Å². The highest BCUT2D eigenvalue weighted by Gasteiger charge is 2.12. The second kappa shape index (κ2) is 5.83. The molecule has 0 aliphatic carbocycles. The van der Waals surface area contributed by atoms with Crippen molar-refractivity contribution in [3.05, 3.63) is 67.0 Å². The van der Waals surface area contributed by atoms with Gasteiger partial charge in [0.2, 0.25) is 5.56 Å². The average Bonchev–Trinajstić information content (AvgIpc) is 2.89. The molecule has 2 N–H and O–H groups in total. The molecular formula is C15H11BrN2O2S. The molecule has 2 aromatic heterocycles. The van der Waals surface area contributed by atoms with Crippen LogP contribution in [0.2, 0.25) is 0 Å². The number of hydrogen-bond donors (Lipinski definition) is 2. The van der Waals surface area contributed by atoms with Gasteiger partial charge in [-0.25, -0.2) is 0 Å². The highest BCUT2D eigenvalue weighted by Crippen LogP contribution is 2.22. The van der Waals surface area contributed by atoms with Crippen molar-refractivity contribution in [1.29, 1.82) is 0 Å². The van der Waals surface area contributed by atoms with Crippen molar-refractivity contribution in [1.82, 2.24) is 10.3 Å². The number of pyridine rings is 1. The Morgan fingerprint density at radius 3 is 2.86 bits per heavy atom. The summed E-state index contributed by atoms with van der Waals surface area (Å²) in [6.45, 7) is 0.429. The lowest BCUT2D eigenvalue weighted by molar-refractivity contribution is 0.0952. The van der Waals surface area contributed by atoms with E-state index in [4.69, 9.17) is 0 Å². The maximum atomic E-state index is 12.3. The Bertz CT molecular complexity index is 869. The number of benzene rings is 1. The van der Waals surface area contributed by atoms with Crippen LogP contribution in [0, 0.1) is 0 Å². The standard InChI is InChI=1S/C15H11BrN2O2S/c16-11-5-6-21-13(11)8-17-15(20)10-7-14(19)18-12-4-2-1-3-9(10)12/h1-7H,8H2,(H,17,20)(H,18,19). The van der Waals surface area contributed by atoms with Crippen LogP contribution in [0.1, 0.15) is 15.2 Å². The molecule has 1 aromatic carbocycles. The van der Waals surface area contributed by atoms with Gasteiger partial charge in [-0.15, -0.1) is 11.3 Å². The molecule has 0 radical (unpaired) electrons. The molecule has 6 heteroatoms. The van der Waals surface area contributed by atoms with Gasteiger partial charge in [-0.3, -0.25) is 9.59 Å². The monoisotopic (exact) mass is 362 g/mol. The fourth-order valence-electron chi connectivity index (χ4n) is 2.10. The average molecular weight is 363 g/mol. The molecule has 0 spiro atoms. The number of hydrogen-bond acceptors (Lipinski definition) is 3. The molecule has 3 rings (SSSR count). The second-order valence-electron chi connectivity index (χ2n) is 4.47. The topological polar surface area (TPSA) is 62.0 Å². The Morgan fingerprint density at radius 1 is 1.29 bits per heavy atom. The van der Waals surface area contributed by atoms with Crippen LogP contribution in [-0.4, -0.2) is 10.9 Å². The Hall–Kier alpha value is -1.92. The van der Waals surface area contributed by atoms with E-state index in [1.807, 2.05) is 29.6 Å². The number of amides is 1. The van der Waals surface area contributed by atoms with Gasteiger partial charge in [0, 0.05) is 26.3 Å². The van der Waals surface area contributed by atoms with Crippen LogP contribution in [0.4, 0.5) is 0 Å². The summed E-state index contributed by atoms with van der Waals surface area (Å²) in [7, 11) is 0. The van der Waals surface area contributed by atoms with E-state index in [1.54, 1.807) is 17.4 Å². The van der Waals surface area contributed by atoms with Crippen LogP contribution in [0.15, 0.2) is 51.0 Å². The summed E-state index contributed by atoms with van der Waals surface area (Å²) < 4.78 is 0.976. The first-order valence-corrected chi connectivity index (χ1v) is 7.94. The lowest BCUT2D eigenvalue weighted by Gasteiger charge is -2.07. The fraction of sp³-hybridized carbons (Fsp3) is 0.0667. The molecule has 0 saturated carbocycles. The number of carbonyl (C=O) groups excluding carboxylic acids is 1. The molecule has 0 aliphatic heterocycles. The molecule has 0 fully saturated rings. The number of aromatic amines is 1. The lowest BCUT2D eigenvalue weighted by atomic mass is 10.1. The van der Waals surface area contributed by atoms with Crippen molar-refractivity contribution >= 4 is 44.1 Å². The third-order valence-electron chi connectivity index (χ3n) is 3.10. The number of H-pyrrole nitrogens is 1. The van der Waals surface area contributed by atoms with Gasteiger partial charge in [0.1, 0.15) is 0 Å². The normalized spacial score (nSPS) is 10.7. The van der Waals surface area contributed by atoms with Crippen LogP contribution >= 0.6 is 27.3 Å². The minimum Gasteiger partial charge on any atom is -0.347 e. The zero-order valence-corrected chi connectivity index (χ0v) is 13.3. The zero-order valence-electron chi connectivity index (χ0n) is 10.9. The maximum Gasteiger partial charge on any atom is 0.252 e. The SMILES string of the molecule is O=C(NCc1sccc1Br)c1cc(=O)[nH]c2ccccc12. The smallest absolute Gasteiger partial charge is 0.252 e. The molecule has 0 unspecified atom stereocenters. The van der Waals surface area contributed by atoms with E-state index in [9.17, 15) is 9.59 Å². The number of rotatable bonds is 3. The van der Waals surface area contributed by atoms with Gasteiger partial charge in [-0.1, -0.05) is 18.2 Å². The molecule has 1 amide bonds. The molecule has 0 aliphatic rings. The number of carbonyl (C=O) groups is 1. The molecule has 3 aromatic rings. The minimum absolute atomic E-state index is 0.252. The van der Waals surface area contributed by atoms with Gasteiger partial charge in [0.15, 0.2) is 0 Å². The first-order chi connectivity index (χ1) is 10.1. The fourth-order valence-corrected chi connectivity index (χ4v) is 3.53. The maximum absolute atomic E-state index is 12.3. The molecule has 21 heavy (non-hydrogen) atoms. The van der Waals surface area contributed by atoms with Gasteiger partial charge < -0.3 is 10.3 Å². The van der Waals surface area contributed by atoms with E-state index in [0.29, 0.717) is 17.6 Å². The highest BCUT2D eigenvalue weighted by molar-refractivity contribution is 9.10. The van der Waals surface area contributed by atoms with Crippen molar-refractivity contribution in [3.63, 3.8) is 0 Å². The molecule has 4 nitrogen and oxygen atoms in total. The summed E-state index contributed by atoms with van der Waals surface area (Å²) in [5.41, 5.74) is 0.769. The van der Waals surface area contributed by atoms with Crippen LogP contribution in [0.5, 0.6) is 0 Å². The molecule has 0 bridgehead atoms. The van der Waals surface area contributed by atoms with Crippen molar-refractivity contribution in [3.8, 4) is 0 Å². The third-order valence-corrected chi connectivity index (χ3v) is 5.02. The van der Waals surface area contributed by atoms with Crippen molar-refractivity contribution in [2.24, 2.45) is 0 Å². The summed E-state index contributed by atoms with van der Waals surface area (Å²) in [5, 5.41) is 5.54. The number of aromatic nitrogens is 1. The third kappa shape index (κ3) is 2.91. The first-order valence-electron chi connectivity index (χ1n) is 6.27. The first kappa shape index (κ1) is 14.0. The van der Waals surface area contributed by atoms with Crippen molar-refractivity contribution in [2.45, 2.75) is 6.54 Å². The zero-order chi connectivity index (χ0) is 14.8. The van der Waals surface area contributed by atoms with Crippen LogP contribution in [0.3, 0.4) is 0 Å². The van der Waals surface area contributed by atoms with E-state index >= 15 is 0 Å². The van der Waals surface area contributed by atoms with E-state index in [0.717, 1.165) is 14.7 Å². The summed E-state index contributed by atoms with van der Waals surface area (Å²) in [4.78, 5) is 27.8. The molecule has 0 atom stereocenters. The number of fused-ring (bicyclic) bond motifs is 1. The molecular weight excluding hydrogens is 352 g/mol. The van der Waals surface area contributed by atoms with Gasteiger partial charge in [-0.05, 0) is 33.4 Å². The number of thiophene rings is 1. The molecule has 106 valence electrons. The number of para-hydroxylation sites is 1. The Labute approximate surface area is 133 Å². The van der Waals surface area contributed by atoms with Crippen LogP contribution in [0.25, 0.3) is 10.9 Å². The molecule has 0 saturated heterocycles. The summed E-state index contributed by atoms with van der Waals surface area (Å²) >= 11 is 4.99. The minimum atomic E-state index is -0.281. The predicted octanol–water partition coefficient (Wildman–Crippen LogP) is 3.28. The Kier molecular flexibility index (Phi) is 3.90. The highest BCUT2D eigenvalue weighted by atomic mass is 79.9. The summed E-state index contributed by atoms with van der Waals surface area (Å²) in [6.07, 6.45) is 0. The van der Waals surface area contributed by atoms with Crippen LogP contribution in [-0.2, 0) is 6.54 Å². The van der Waals surface area contributed by atoms with Crippen molar-refractivity contribution in [2.75, 3.05) is 0 Å². The molecule has 2 heterocycles. The van der Waals surface area contributed by atoms with E-state index < -0.39 is 0 Å². The number of nitrogens with one attached hydrogen (secondary N) is 2. The Balaban J connectivity index is 1.91. The van der Waals surface area contributed by atoms with E-state index in [2.05, 4.69) is 26.2 Å². The summed E-state index contributed by atoms with van der Waals surface area (Å²) in [6, 6.07) is 10.5. The van der Waals surface area contributed by atoms with Crippen LogP contribution < -0.4 is 10.9 Å². The van der Waals surface area contributed by atoms with Gasteiger partial charge in [-0.2, -0.15) is 0 Å². The van der Waals surface area contributed by atoms with E-state index in [1.165, 1.54) is 6.07 Å². The van der Waals surface area contributed by atoms with Gasteiger partial charge in [0.25, 0.3) is 5.91 Å². The Morgan fingerprint density at radius 2 is 2.10 bits per heavy atom.